The third-order valence-electron chi connectivity index (χ3n) is 4.33. The Balaban J connectivity index is 2.02. The van der Waals surface area contributed by atoms with Gasteiger partial charge in [0.1, 0.15) is 0 Å². The molecule has 0 fully saturated rings. The van der Waals surface area contributed by atoms with Gasteiger partial charge in [-0.05, 0) is 35.7 Å². The van der Waals surface area contributed by atoms with E-state index in [1.807, 2.05) is 43.4 Å². The lowest BCUT2D eigenvalue weighted by atomic mass is 10.0. The molecule has 0 aliphatic carbocycles. The zero-order valence-electron chi connectivity index (χ0n) is 13.7. The number of anilines is 2. The van der Waals surface area contributed by atoms with Gasteiger partial charge in [0.25, 0.3) is 10.0 Å². The van der Waals surface area contributed by atoms with Gasteiger partial charge >= 0.3 is 0 Å². The maximum atomic E-state index is 13.0. The van der Waals surface area contributed by atoms with Gasteiger partial charge in [-0.1, -0.05) is 38.1 Å². The van der Waals surface area contributed by atoms with Crippen LogP contribution in [0.1, 0.15) is 25.3 Å². The Labute approximate surface area is 138 Å². The van der Waals surface area contributed by atoms with Crippen LogP contribution in [0.15, 0.2) is 53.4 Å². The van der Waals surface area contributed by atoms with E-state index >= 15 is 0 Å². The van der Waals surface area contributed by atoms with Crippen LogP contribution < -0.4 is 9.21 Å². The van der Waals surface area contributed by atoms with Crippen molar-refractivity contribution in [3.05, 3.63) is 54.1 Å². The minimum Gasteiger partial charge on any atom is -0.371 e. The van der Waals surface area contributed by atoms with E-state index in [9.17, 15) is 8.42 Å². The molecule has 1 aliphatic heterocycles. The number of likely N-dealkylation sites (N-methyl/N-ethyl adjacent to an activating group) is 1. The first-order valence-electron chi connectivity index (χ1n) is 7.84. The third-order valence-corrected chi connectivity index (χ3v) is 6.16. The fraction of sp³-hybridized carbons (Fsp3) is 0.333. The maximum absolute atomic E-state index is 13.0. The quantitative estimate of drug-likeness (QED) is 0.865. The summed E-state index contributed by atoms with van der Waals surface area (Å²) in [6.07, 6.45) is 0. The molecule has 122 valence electrons. The molecule has 1 heterocycles. The predicted octanol–water partition coefficient (Wildman–Crippen LogP) is 3.46. The Hall–Kier alpha value is -2.01. The molecule has 2 aromatic carbocycles. The Morgan fingerprint density at radius 2 is 1.52 bits per heavy atom. The van der Waals surface area contributed by atoms with E-state index in [1.54, 1.807) is 12.1 Å². The Bertz CT molecular complexity index is 798. The molecule has 1 aliphatic rings. The van der Waals surface area contributed by atoms with E-state index in [0.717, 1.165) is 16.9 Å². The fourth-order valence-electron chi connectivity index (χ4n) is 2.88. The van der Waals surface area contributed by atoms with Crippen LogP contribution in [0.25, 0.3) is 0 Å². The highest BCUT2D eigenvalue weighted by atomic mass is 32.2. The molecule has 0 bridgehead atoms. The van der Waals surface area contributed by atoms with Crippen LogP contribution in [0.3, 0.4) is 0 Å². The van der Waals surface area contributed by atoms with Crippen LogP contribution in [-0.4, -0.2) is 28.6 Å². The zero-order chi connectivity index (χ0) is 16.6. The molecule has 5 heteroatoms. The van der Waals surface area contributed by atoms with Gasteiger partial charge in [-0.25, -0.2) is 8.42 Å². The minimum absolute atomic E-state index is 0.348. The van der Waals surface area contributed by atoms with Crippen LogP contribution in [0.2, 0.25) is 0 Å². The van der Waals surface area contributed by atoms with E-state index in [2.05, 4.69) is 18.7 Å². The van der Waals surface area contributed by atoms with Crippen molar-refractivity contribution in [1.29, 1.82) is 0 Å². The summed E-state index contributed by atoms with van der Waals surface area (Å²) >= 11 is 0. The highest BCUT2D eigenvalue weighted by molar-refractivity contribution is 7.92. The van der Waals surface area contributed by atoms with E-state index < -0.39 is 10.0 Å². The molecule has 23 heavy (non-hydrogen) atoms. The Kier molecular flexibility index (Phi) is 4.06. The summed E-state index contributed by atoms with van der Waals surface area (Å²) in [5.74, 6) is 0.385. The number of sulfonamides is 1. The SMILES string of the molecule is CC(C)c1ccc(S(=O)(=O)N2CCN(C)c3ccccc32)cc1. The second kappa shape index (κ2) is 5.89. The van der Waals surface area contributed by atoms with E-state index in [0.29, 0.717) is 23.9 Å². The van der Waals surface area contributed by atoms with Crippen molar-refractivity contribution < 1.29 is 8.42 Å². The Morgan fingerprint density at radius 1 is 0.913 bits per heavy atom. The number of para-hydroxylation sites is 2. The van der Waals surface area contributed by atoms with Crippen molar-refractivity contribution in [2.45, 2.75) is 24.7 Å². The van der Waals surface area contributed by atoms with Gasteiger partial charge in [0.15, 0.2) is 0 Å². The van der Waals surface area contributed by atoms with Gasteiger partial charge < -0.3 is 4.90 Å². The lowest BCUT2D eigenvalue weighted by Gasteiger charge is -2.36. The number of rotatable bonds is 3. The first-order chi connectivity index (χ1) is 10.9. The molecule has 0 spiro atoms. The minimum atomic E-state index is -3.53. The van der Waals surface area contributed by atoms with Gasteiger partial charge in [0.05, 0.1) is 22.8 Å². The molecule has 0 N–H and O–H groups in total. The van der Waals surface area contributed by atoms with Crippen LogP contribution >= 0.6 is 0 Å². The third kappa shape index (κ3) is 2.81. The van der Waals surface area contributed by atoms with Crippen molar-refractivity contribution in [3.63, 3.8) is 0 Å². The molecule has 0 unspecified atom stereocenters. The fourth-order valence-corrected chi connectivity index (χ4v) is 4.35. The maximum Gasteiger partial charge on any atom is 0.264 e. The summed E-state index contributed by atoms with van der Waals surface area (Å²) in [4.78, 5) is 2.43. The molecular formula is C18H22N2O2S. The first kappa shape index (κ1) is 15.9. The molecular weight excluding hydrogens is 308 g/mol. The lowest BCUT2D eigenvalue weighted by Crippen LogP contribution is -2.42. The second-order valence-corrected chi connectivity index (χ2v) is 8.07. The van der Waals surface area contributed by atoms with Crippen LogP contribution in [-0.2, 0) is 10.0 Å². The molecule has 0 saturated carbocycles. The molecule has 0 atom stereocenters. The largest absolute Gasteiger partial charge is 0.371 e. The molecule has 0 amide bonds. The average Bonchev–Trinajstić information content (AvgIpc) is 2.55. The molecule has 0 saturated heterocycles. The van der Waals surface area contributed by atoms with Crippen LogP contribution in [0.4, 0.5) is 11.4 Å². The van der Waals surface area contributed by atoms with Crippen molar-refractivity contribution in [2.24, 2.45) is 0 Å². The van der Waals surface area contributed by atoms with E-state index in [1.165, 1.54) is 4.31 Å². The lowest BCUT2D eigenvalue weighted by molar-refractivity contribution is 0.589. The average molecular weight is 330 g/mol. The van der Waals surface area contributed by atoms with Gasteiger partial charge in [-0.3, -0.25) is 4.31 Å². The summed E-state index contributed by atoms with van der Waals surface area (Å²) in [5.41, 5.74) is 2.83. The molecule has 4 nitrogen and oxygen atoms in total. The zero-order valence-corrected chi connectivity index (χ0v) is 14.5. The highest BCUT2D eigenvalue weighted by Crippen LogP contribution is 2.35. The number of fused-ring (bicyclic) bond motifs is 1. The van der Waals surface area contributed by atoms with Gasteiger partial charge in [0.2, 0.25) is 0 Å². The monoisotopic (exact) mass is 330 g/mol. The number of nitrogens with zero attached hydrogens (tertiary/aromatic N) is 2. The Morgan fingerprint density at radius 3 is 2.13 bits per heavy atom. The van der Waals surface area contributed by atoms with E-state index in [4.69, 9.17) is 0 Å². The van der Waals surface area contributed by atoms with E-state index in [-0.39, 0.29) is 0 Å². The van der Waals surface area contributed by atoms with Gasteiger partial charge in [0, 0.05) is 13.6 Å². The highest BCUT2D eigenvalue weighted by Gasteiger charge is 2.30. The molecule has 3 rings (SSSR count). The number of hydrogen-bond acceptors (Lipinski definition) is 3. The molecule has 0 radical (unpaired) electrons. The van der Waals surface area contributed by atoms with Crippen LogP contribution in [0, 0.1) is 0 Å². The summed E-state index contributed by atoms with van der Waals surface area (Å²) < 4.78 is 27.6. The first-order valence-corrected chi connectivity index (χ1v) is 9.28. The topological polar surface area (TPSA) is 40.6 Å². The van der Waals surface area contributed by atoms with Gasteiger partial charge in [-0.15, -0.1) is 0 Å². The van der Waals surface area contributed by atoms with Crippen LogP contribution in [0.5, 0.6) is 0 Å². The number of hydrogen-bond donors (Lipinski definition) is 0. The second-order valence-electron chi connectivity index (χ2n) is 6.21. The van der Waals surface area contributed by atoms with Gasteiger partial charge in [-0.2, -0.15) is 0 Å². The normalized spacial score (nSPS) is 15.0. The predicted molar refractivity (Wildman–Crippen MR) is 94.8 cm³/mol. The summed E-state index contributed by atoms with van der Waals surface area (Å²) in [5, 5.41) is 0. The van der Waals surface area contributed by atoms with Crippen molar-refractivity contribution in [1.82, 2.24) is 0 Å². The number of benzene rings is 2. The summed E-state index contributed by atoms with van der Waals surface area (Å²) in [7, 11) is -1.55. The summed E-state index contributed by atoms with van der Waals surface area (Å²) in [6, 6.07) is 14.9. The van der Waals surface area contributed by atoms with Crippen molar-refractivity contribution in [3.8, 4) is 0 Å². The van der Waals surface area contributed by atoms with Crippen molar-refractivity contribution >= 4 is 21.4 Å². The molecule has 2 aromatic rings. The summed E-state index contributed by atoms with van der Waals surface area (Å²) in [6.45, 7) is 5.34. The molecule has 0 aromatic heterocycles. The standard InChI is InChI=1S/C18H22N2O2S/c1-14(2)15-8-10-16(11-9-15)23(21,22)20-13-12-19(3)17-6-4-5-7-18(17)20/h4-11,14H,12-13H2,1-3H3. The smallest absolute Gasteiger partial charge is 0.264 e. The van der Waals surface area contributed by atoms with Crippen molar-refractivity contribution in [2.75, 3.05) is 29.3 Å².